The first-order valence-electron chi connectivity index (χ1n) is 6.08. The van der Waals surface area contributed by atoms with E-state index >= 15 is 0 Å². The summed E-state index contributed by atoms with van der Waals surface area (Å²) in [7, 11) is 0. The van der Waals surface area contributed by atoms with Gasteiger partial charge >= 0.3 is 0 Å². The summed E-state index contributed by atoms with van der Waals surface area (Å²) in [4.78, 5) is 0. The predicted octanol–water partition coefficient (Wildman–Crippen LogP) is 2.98. The molecule has 0 saturated heterocycles. The van der Waals surface area contributed by atoms with Gasteiger partial charge in [0.05, 0.1) is 17.1 Å². The van der Waals surface area contributed by atoms with E-state index in [1.165, 1.54) is 0 Å². The predicted molar refractivity (Wildman–Crippen MR) is 78.9 cm³/mol. The van der Waals surface area contributed by atoms with Crippen molar-refractivity contribution in [1.82, 2.24) is 5.32 Å². The highest BCUT2D eigenvalue weighted by molar-refractivity contribution is 9.10. The molecule has 2 aromatic carbocycles. The first kappa shape index (κ1) is 14.1. The molecular weight excluding hydrogens is 306 g/mol. The third-order valence-electron chi connectivity index (χ3n) is 2.99. The second-order valence-electron chi connectivity index (χ2n) is 4.27. The summed E-state index contributed by atoms with van der Waals surface area (Å²) in [5, 5.41) is 22.6. The lowest BCUT2D eigenvalue weighted by atomic mass is 10.1. The Morgan fingerprint density at radius 2 is 1.79 bits per heavy atom. The van der Waals surface area contributed by atoms with Crippen molar-refractivity contribution in [2.45, 2.75) is 12.6 Å². The Hall–Kier alpha value is -1.36. The van der Waals surface area contributed by atoms with Crippen LogP contribution in [-0.2, 0) is 6.54 Å². The van der Waals surface area contributed by atoms with Crippen molar-refractivity contribution in [1.29, 1.82) is 0 Å². The van der Waals surface area contributed by atoms with Crippen molar-refractivity contribution in [3.8, 4) is 5.75 Å². The lowest BCUT2D eigenvalue weighted by Crippen LogP contribution is -2.24. The van der Waals surface area contributed by atoms with Crippen molar-refractivity contribution >= 4 is 15.9 Å². The maximum Gasteiger partial charge on any atom is 0.134 e. The number of phenolic OH excluding ortho intramolecular Hbond substituents is 1. The molecule has 2 aromatic rings. The van der Waals surface area contributed by atoms with Crippen LogP contribution in [0.25, 0.3) is 0 Å². The summed E-state index contributed by atoms with van der Waals surface area (Å²) < 4.78 is 0.673. The van der Waals surface area contributed by atoms with Gasteiger partial charge in [0.1, 0.15) is 5.75 Å². The Balaban J connectivity index is 2.06. The van der Waals surface area contributed by atoms with Crippen molar-refractivity contribution in [3.63, 3.8) is 0 Å². The molecule has 0 radical (unpaired) electrons. The van der Waals surface area contributed by atoms with Crippen LogP contribution < -0.4 is 5.32 Å². The fraction of sp³-hybridized carbons (Fsp3) is 0.200. The van der Waals surface area contributed by atoms with Gasteiger partial charge in [0.2, 0.25) is 0 Å². The highest BCUT2D eigenvalue weighted by atomic mass is 79.9. The quantitative estimate of drug-likeness (QED) is 0.793. The number of hydrogen-bond acceptors (Lipinski definition) is 3. The summed E-state index contributed by atoms with van der Waals surface area (Å²) in [6.07, 6.45) is 0. The summed E-state index contributed by atoms with van der Waals surface area (Å²) in [5.74, 6) is 0.236. The van der Waals surface area contributed by atoms with Crippen molar-refractivity contribution in [2.75, 3.05) is 6.61 Å². The maximum absolute atomic E-state index is 9.90. The Kier molecular flexibility index (Phi) is 4.96. The molecule has 4 heteroatoms. The van der Waals surface area contributed by atoms with Gasteiger partial charge in [-0.3, -0.25) is 0 Å². The Bertz CT molecular complexity index is 531. The Morgan fingerprint density at radius 3 is 2.47 bits per heavy atom. The van der Waals surface area contributed by atoms with E-state index in [0.29, 0.717) is 11.0 Å². The number of nitrogens with one attached hydrogen (secondary N) is 1. The molecule has 0 amide bonds. The number of aliphatic hydroxyl groups excluding tert-OH is 1. The number of aliphatic hydroxyl groups is 1. The van der Waals surface area contributed by atoms with E-state index < -0.39 is 0 Å². The average Bonchev–Trinajstić information content (AvgIpc) is 2.45. The summed E-state index contributed by atoms with van der Waals surface area (Å²) in [6.45, 7) is 0.504. The van der Waals surface area contributed by atoms with Gasteiger partial charge in [-0.2, -0.15) is 0 Å². The molecule has 0 aliphatic heterocycles. The molecule has 0 aliphatic rings. The third kappa shape index (κ3) is 3.56. The van der Waals surface area contributed by atoms with Gasteiger partial charge in [-0.05, 0) is 27.6 Å². The number of hydrogen-bond donors (Lipinski definition) is 3. The minimum atomic E-state index is -0.139. The molecular formula is C15H16BrNO2. The number of phenols is 1. The van der Waals surface area contributed by atoms with Crippen LogP contribution >= 0.6 is 15.9 Å². The first-order valence-corrected chi connectivity index (χ1v) is 6.87. The van der Waals surface area contributed by atoms with Crippen LogP contribution in [0.4, 0.5) is 0 Å². The van der Waals surface area contributed by atoms with E-state index in [9.17, 15) is 10.2 Å². The van der Waals surface area contributed by atoms with E-state index in [4.69, 9.17) is 0 Å². The normalized spacial score (nSPS) is 12.3. The van der Waals surface area contributed by atoms with E-state index in [1.807, 2.05) is 42.5 Å². The number of rotatable bonds is 5. The molecule has 100 valence electrons. The fourth-order valence-electron chi connectivity index (χ4n) is 1.91. The van der Waals surface area contributed by atoms with Crippen LogP contribution in [0.3, 0.4) is 0 Å². The molecule has 3 N–H and O–H groups in total. The van der Waals surface area contributed by atoms with Gasteiger partial charge in [0.25, 0.3) is 0 Å². The number of para-hydroxylation sites is 1. The highest BCUT2D eigenvalue weighted by Gasteiger charge is 2.11. The zero-order valence-electron chi connectivity index (χ0n) is 10.4. The highest BCUT2D eigenvalue weighted by Crippen LogP contribution is 2.27. The molecule has 0 saturated carbocycles. The van der Waals surface area contributed by atoms with Gasteiger partial charge in [0.15, 0.2) is 0 Å². The van der Waals surface area contributed by atoms with Crippen LogP contribution in [0.5, 0.6) is 5.75 Å². The molecule has 0 spiro atoms. The van der Waals surface area contributed by atoms with Crippen molar-refractivity contribution in [2.24, 2.45) is 0 Å². The summed E-state index contributed by atoms with van der Waals surface area (Å²) in [6, 6.07) is 15.1. The molecule has 0 aliphatic carbocycles. The smallest absolute Gasteiger partial charge is 0.134 e. The number of halogens is 1. The van der Waals surface area contributed by atoms with E-state index in [-0.39, 0.29) is 18.4 Å². The van der Waals surface area contributed by atoms with Gasteiger partial charge in [-0.15, -0.1) is 0 Å². The second kappa shape index (κ2) is 6.70. The lowest BCUT2D eigenvalue weighted by molar-refractivity contribution is 0.243. The summed E-state index contributed by atoms with van der Waals surface area (Å²) in [5.41, 5.74) is 1.82. The van der Waals surface area contributed by atoms with E-state index in [2.05, 4.69) is 21.2 Å². The molecule has 2 rings (SSSR count). The fourth-order valence-corrected chi connectivity index (χ4v) is 2.32. The van der Waals surface area contributed by atoms with E-state index in [1.54, 1.807) is 6.07 Å². The molecule has 0 heterocycles. The molecule has 19 heavy (non-hydrogen) atoms. The lowest BCUT2D eigenvalue weighted by Gasteiger charge is -2.17. The van der Waals surface area contributed by atoms with Crippen molar-refractivity contribution in [3.05, 3.63) is 64.1 Å². The molecule has 0 fully saturated rings. The van der Waals surface area contributed by atoms with Crippen LogP contribution in [0.15, 0.2) is 53.0 Å². The van der Waals surface area contributed by atoms with Crippen LogP contribution in [-0.4, -0.2) is 16.8 Å². The van der Waals surface area contributed by atoms with Crippen LogP contribution in [0, 0.1) is 0 Å². The van der Waals surface area contributed by atoms with Gasteiger partial charge in [-0.25, -0.2) is 0 Å². The monoisotopic (exact) mass is 321 g/mol. The van der Waals surface area contributed by atoms with Crippen LogP contribution in [0.1, 0.15) is 17.2 Å². The van der Waals surface area contributed by atoms with Gasteiger partial charge in [0, 0.05) is 12.1 Å². The molecule has 1 atom stereocenters. The molecule has 3 nitrogen and oxygen atoms in total. The third-order valence-corrected chi connectivity index (χ3v) is 3.63. The average molecular weight is 322 g/mol. The zero-order valence-corrected chi connectivity index (χ0v) is 12.0. The zero-order chi connectivity index (χ0) is 13.7. The SMILES string of the molecule is OCC(NCc1cccc(Br)c1O)c1ccccc1. The molecule has 1 unspecified atom stereocenters. The maximum atomic E-state index is 9.90. The van der Waals surface area contributed by atoms with Gasteiger partial charge in [-0.1, -0.05) is 42.5 Å². The first-order chi connectivity index (χ1) is 9.22. The topological polar surface area (TPSA) is 52.5 Å². The second-order valence-corrected chi connectivity index (χ2v) is 5.13. The number of aromatic hydroxyl groups is 1. The number of benzene rings is 2. The standard InChI is InChI=1S/C15H16BrNO2/c16-13-8-4-7-12(15(13)19)9-17-14(10-18)11-5-2-1-3-6-11/h1-8,14,17-19H,9-10H2. The van der Waals surface area contributed by atoms with Crippen LogP contribution in [0.2, 0.25) is 0 Å². The molecule has 0 aromatic heterocycles. The minimum Gasteiger partial charge on any atom is -0.506 e. The summed E-state index contributed by atoms with van der Waals surface area (Å²) >= 11 is 3.29. The Labute approximate surface area is 121 Å². The minimum absolute atomic E-state index is 0.0127. The van der Waals surface area contributed by atoms with Crippen molar-refractivity contribution < 1.29 is 10.2 Å². The largest absolute Gasteiger partial charge is 0.506 e. The Morgan fingerprint density at radius 1 is 1.05 bits per heavy atom. The molecule has 0 bridgehead atoms. The van der Waals surface area contributed by atoms with E-state index in [0.717, 1.165) is 11.1 Å². The van der Waals surface area contributed by atoms with Gasteiger partial charge < -0.3 is 15.5 Å².